The molecule has 6 nitrogen and oxygen atoms in total. The molecule has 1 aromatic carbocycles. The van der Waals surface area contributed by atoms with Gasteiger partial charge in [0.25, 0.3) is 0 Å². The molecule has 4 rings (SSSR count). The fourth-order valence-corrected chi connectivity index (χ4v) is 2.74. The van der Waals surface area contributed by atoms with Crippen LogP contribution in [0.1, 0.15) is 18.4 Å². The first-order chi connectivity index (χ1) is 12.1. The number of rotatable bonds is 1. The number of ether oxygens (including phenoxy) is 1. The number of nitrogens with zero attached hydrogens (tertiary/aromatic N) is 3. The Hall–Kier alpha value is -2.51. The molecule has 3 N–H and O–H groups in total. The molecule has 3 aromatic rings. The van der Waals surface area contributed by atoms with Crippen LogP contribution < -0.4 is 5.73 Å². The quantitative estimate of drug-likeness (QED) is 0.709. The molecule has 3 heterocycles. The van der Waals surface area contributed by atoms with E-state index in [-0.39, 0.29) is 17.9 Å². The highest BCUT2D eigenvalue weighted by Gasteiger charge is 2.13. The lowest BCUT2D eigenvalue weighted by molar-refractivity contribution is -0.00535. The van der Waals surface area contributed by atoms with E-state index in [4.69, 9.17) is 15.6 Å². The summed E-state index contributed by atoms with van der Waals surface area (Å²) in [5, 5.41) is 12.8. The summed E-state index contributed by atoms with van der Waals surface area (Å²) in [6.45, 7) is 3.34. The first-order valence-corrected chi connectivity index (χ1v) is 8.18. The Morgan fingerprint density at radius 1 is 1.36 bits per heavy atom. The first-order valence-electron chi connectivity index (χ1n) is 8.18. The van der Waals surface area contributed by atoms with Gasteiger partial charge in [-0.25, -0.2) is 13.9 Å². The smallest absolute Gasteiger partial charge is 0.238 e. The number of hydrogen-bond acceptors (Lipinski definition) is 5. The van der Waals surface area contributed by atoms with Gasteiger partial charge in [-0.2, -0.15) is 0 Å². The number of aromatic nitrogens is 3. The molecule has 1 aliphatic heterocycles. The van der Waals surface area contributed by atoms with Gasteiger partial charge in [0.05, 0.1) is 24.6 Å². The van der Waals surface area contributed by atoms with Crippen molar-refractivity contribution < 1.29 is 14.2 Å². The zero-order valence-corrected chi connectivity index (χ0v) is 14.0. The Morgan fingerprint density at radius 3 is 2.80 bits per heavy atom. The Morgan fingerprint density at radius 2 is 2.16 bits per heavy atom. The second-order valence-electron chi connectivity index (χ2n) is 5.98. The molecule has 0 aliphatic carbocycles. The molecule has 1 atom stereocenters. The Bertz CT molecular complexity index is 859. The van der Waals surface area contributed by atoms with E-state index in [1.165, 1.54) is 16.8 Å². The lowest BCUT2D eigenvalue weighted by atomic mass is 10.1. The highest BCUT2D eigenvalue weighted by atomic mass is 19.1. The number of aliphatic hydroxyl groups excluding tert-OH is 1. The zero-order valence-electron chi connectivity index (χ0n) is 14.0. The number of aliphatic hydroxyl groups is 1. The van der Waals surface area contributed by atoms with Gasteiger partial charge in [0.15, 0.2) is 5.82 Å². The molecular weight excluding hydrogens is 323 g/mol. The maximum atomic E-state index is 13.8. The normalized spacial score (nSPS) is 17.2. The molecule has 0 amide bonds. The fourth-order valence-electron chi connectivity index (χ4n) is 2.74. The molecule has 1 fully saturated rings. The summed E-state index contributed by atoms with van der Waals surface area (Å²) in [4.78, 5) is 3.80. The van der Waals surface area contributed by atoms with Crippen LogP contribution in [0, 0.1) is 12.7 Å². The van der Waals surface area contributed by atoms with Crippen molar-refractivity contribution >= 4 is 11.5 Å². The number of hydrogen-bond donors (Lipinski definition) is 2. The van der Waals surface area contributed by atoms with Crippen molar-refractivity contribution in [1.29, 1.82) is 0 Å². The molecule has 7 heteroatoms. The maximum absolute atomic E-state index is 13.8. The number of halogens is 1. The highest BCUT2D eigenvalue weighted by Crippen LogP contribution is 2.26. The molecule has 2 aromatic heterocycles. The van der Waals surface area contributed by atoms with Crippen LogP contribution in [-0.2, 0) is 4.74 Å². The van der Waals surface area contributed by atoms with E-state index in [2.05, 4.69) is 10.1 Å². The summed E-state index contributed by atoms with van der Waals surface area (Å²) < 4.78 is 20.2. The summed E-state index contributed by atoms with van der Waals surface area (Å²) in [7, 11) is 0. The molecule has 132 valence electrons. The average molecular weight is 344 g/mol. The van der Waals surface area contributed by atoms with E-state index >= 15 is 0 Å². The third-order valence-corrected chi connectivity index (χ3v) is 4.04. The van der Waals surface area contributed by atoms with Crippen LogP contribution in [0.3, 0.4) is 0 Å². The molecule has 25 heavy (non-hydrogen) atoms. The van der Waals surface area contributed by atoms with Crippen LogP contribution >= 0.6 is 0 Å². The minimum Gasteiger partial charge on any atom is -0.391 e. The molecule has 1 unspecified atom stereocenters. The van der Waals surface area contributed by atoms with Crippen LogP contribution in [0.2, 0.25) is 0 Å². The van der Waals surface area contributed by atoms with Crippen LogP contribution in [0.4, 0.5) is 10.3 Å². The number of nitrogen functional groups attached to an aromatic ring is 1. The van der Waals surface area contributed by atoms with Gasteiger partial charge in [-0.3, -0.25) is 0 Å². The summed E-state index contributed by atoms with van der Waals surface area (Å²) in [6, 6.07) is 9.19. The number of aryl methyl sites for hydroxylation is 1. The average Bonchev–Trinajstić information content (AvgIpc) is 2.92. The van der Waals surface area contributed by atoms with Gasteiger partial charge in [-0.15, -0.1) is 5.10 Å². The van der Waals surface area contributed by atoms with Gasteiger partial charge in [-0.05, 0) is 25.3 Å². The lowest BCUT2D eigenvalue weighted by Crippen LogP contribution is -2.21. The minimum atomic E-state index is -0.353. The molecule has 1 saturated heterocycles. The maximum Gasteiger partial charge on any atom is 0.238 e. The fraction of sp³-hybridized carbons (Fsp3) is 0.333. The number of anilines is 1. The van der Waals surface area contributed by atoms with E-state index < -0.39 is 0 Å². The standard InChI is InChI=1S/C13H11FN4.C5H10O2/c1-8-4-2-3-5-9(8)11-6-10(14)12-7-16-13(15)17-18(11)12;6-5-2-1-3-7-4-5/h2-7H,1H3,(H2,15,17);5-6H,1-4H2. The van der Waals surface area contributed by atoms with Crippen LogP contribution in [0.25, 0.3) is 16.8 Å². The Kier molecular flexibility index (Phi) is 5.25. The third-order valence-electron chi connectivity index (χ3n) is 4.04. The van der Waals surface area contributed by atoms with Crippen molar-refractivity contribution in [3.05, 3.63) is 47.9 Å². The number of nitrogens with two attached hydrogens (primary N) is 1. The molecule has 0 saturated carbocycles. The molecule has 0 bridgehead atoms. The van der Waals surface area contributed by atoms with Crippen molar-refractivity contribution in [3.63, 3.8) is 0 Å². The molecule has 1 aliphatic rings. The Balaban J connectivity index is 0.000000219. The van der Waals surface area contributed by atoms with Crippen LogP contribution in [0.15, 0.2) is 36.5 Å². The summed E-state index contributed by atoms with van der Waals surface area (Å²) in [5.41, 5.74) is 8.53. The zero-order chi connectivity index (χ0) is 17.8. The second kappa shape index (κ2) is 7.58. The largest absolute Gasteiger partial charge is 0.391 e. The van der Waals surface area contributed by atoms with E-state index in [1.807, 2.05) is 31.2 Å². The predicted octanol–water partition coefficient (Wildman–Crippen LogP) is 2.58. The van der Waals surface area contributed by atoms with Crippen molar-refractivity contribution in [2.24, 2.45) is 0 Å². The van der Waals surface area contributed by atoms with E-state index in [1.54, 1.807) is 0 Å². The van der Waals surface area contributed by atoms with E-state index in [0.717, 1.165) is 30.6 Å². The molecular formula is C18H21FN4O2. The van der Waals surface area contributed by atoms with Gasteiger partial charge in [0.2, 0.25) is 5.95 Å². The molecule has 0 spiro atoms. The van der Waals surface area contributed by atoms with Gasteiger partial charge in [0, 0.05) is 18.2 Å². The first kappa shape index (κ1) is 17.3. The topological polar surface area (TPSA) is 85.7 Å². The third kappa shape index (κ3) is 3.94. The van der Waals surface area contributed by atoms with Crippen molar-refractivity contribution in [2.45, 2.75) is 25.9 Å². The van der Waals surface area contributed by atoms with E-state index in [9.17, 15) is 4.39 Å². The van der Waals surface area contributed by atoms with E-state index in [0.29, 0.717) is 17.8 Å². The van der Waals surface area contributed by atoms with Crippen molar-refractivity contribution in [1.82, 2.24) is 14.6 Å². The van der Waals surface area contributed by atoms with Gasteiger partial charge in [0.1, 0.15) is 5.52 Å². The Labute approximate surface area is 145 Å². The van der Waals surface area contributed by atoms with Crippen LogP contribution in [0.5, 0.6) is 0 Å². The second-order valence-corrected chi connectivity index (χ2v) is 5.98. The van der Waals surface area contributed by atoms with Gasteiger partial charge in [-0.1, -0.05) is 24.3 Å². The van der Waals surface area contributed by atoms with Crippen LogP contribution in [-0.4, -0.2) is 39.0 Å². The monoisotopic (exact) mass is 344 g/mol. The van der Waals surface area contributed by atoms with Gasteiger partial charge >= 0.3 is 0 Å². The number of fused-ring (bicyclic) bond motifs is 1. The predicted molar refractivity (Wildman–Crippen MR) is 93.6 cm³/mol. The van der Waals surface area contributed by atoms with Crippen molar-refractivity contribution in [2.75, 3.05) is 18.9 Å². The highest BCUT2D eigenvalue weighted by molar-refractivity contribution is 5.69. The summed E-state index contributed by atoms with van der Waals surface area (Å²) in [6.07, 6.45) is 3.13. The van der Waals surface area contributed by atoms with Gasteiger partial charge < -0.3 is 15.6 Å². The summed E-state index contributed by atoms with van der Waals surface area (Å²) >= 11 is 0. The van der Waals surface area contributed by atoms with Crippen molar-refractivity contribution in [3.8, 4) is 11.3 Å². The number of benzene rings is 1. The minimum absolute atomic E-state index is 0.118. The summed E-state index contributed by atoms with van der Waals surface area (Å²) in [5.74, 6) is -0.235. The molecule has 0 radical (unpaired) electrons. The lowest BCUT2D eigenvalue weighted by Gasteiger charge is -2.15. The SMILES string of the molecule is Cc1ccccc1-c1cc(F)c2cnc(N)nn12.OC1CCCOC1.